The molecule has 10 heavy (non-hydrogen) atoms. The molecule has 1 aromatic heterocycles. The van der Waals surface area contributed by atoms with Gasteiger partial charge in [0.1, 0.15) is 6.67 Å². The van der Waals surface area contributed by atoms with Gasteiger partial charge in [-0.05, 0) is 0 Å². The van der Waals surface area contributed by atoms with E-state index in [1.165, 1.54) is 0 Å². The van der Waals surface area contributed by atoms with Crippen LogP contribution in [0.15, 0.2) is 12.5 Å². The Hall–Kier alpha value is -1.00. The molecule has 2 nitrogen and oxygen atoms in total. The van der Waals surface area contributed by atoms with Crippen molar-refractivity contribution in [3.8, 4) is 0 Å². The zero-order valence-electron chi connectivity index (χ0n) is 4.97. The highest BCUT2D eigenvalue weighted by Crippen LogP contribution is 2.12. The predicted octanol–water partition coefficient (Wildman–Crippen LogP) is 1.75. The Balaban J connectivity index is 2.90. The smallest absolute Gasteiger partial charge is 0.275 e. The van der Waals surface area contributed by atoms with Crippen molar-refractivity contribution in [2.75, 3.05) is 0 Å². The molecule has 0 aromatic carbocycles. The van der Waals surface area contributed by atoms with Crippen LogP contribution >= 0.6 is 0 Å². The molecule has 0 aliphatic carbocycles. The van der Waals surface area contributed by atoms with Gasteiger partial charge in [0, 0.05) is 0 Å². The summed E-state index contributed by atoms with van der Waals surface area (Å²) in [6.07, 6.45) is 1.98. The molecule has 0 saturated carbocycles. The van der Waals surface area contributed by atoms with E-state index in [9.17, 15) is 13.2 Å². The zero-order valence-corrected chi connectivity index (χ0v) is 4.97. The molecular weight excluding hydrogens is 145 g/mol. The number of nitrogens with zero attached hydrogens (tertiary/aromatic N) is 2. The van der Waals surface area contributed by atoms with Crippen LogP contribution in [0, 0.1) is 0 Å². The van der Waals surface area contributed by atoms with E-state index in [1.807, 2.05) is 0 Å². The molecule has 1 heterocycles. The topological polar surface area (TPSA) is 17.8 Å². The Kier molecular flexibility index (Phi) is 1.94. The van der Waals surface area contributed by atoms with Crippen molar-refractivity contribution in [3.05, 3.63) is 18.2 Å². The van der Waals surface area contributed by atoms with Crippen LogP contribution < -0.4 is 0 Å². The number of aromatic nitrogens is 2. The second kappa shape index (κ2) is 2.72. The van der Waals surface area contributed by atoms with Crippen LogP contribution in [-0.2, 0) is 6.67 Å². The third-order valence-electron chi connectivity index (χ3n) is 1.09. The average molecular weight is 150 g/mol. The summed E-state index contributed by atoms with van der Waals surface area (Å²) in [5.41, 5.74) is -0.102. The molecule has 0 aliphatic rings. The zero-order chi connectivity index (χ0) is 7.56. The summed E-state index contributed by atoms with van der Waals surface area (Å²) in [5, 5.41) is 0. The Morgan fingerprint density at radius 2 is 2.30 bits per heavy atom. The molecule has 0 aliphatic heterocycles. The molecule has 0 bridgehead atoms. The Bertz CT molecular complexity index is 208. The lowest BCUT2D eigenvalue weighted by Crippen LogP contribution is -1.99. The van der Waals surface area contributed by atoms with Gasteiger partial charge in [-0.3, -0.25) is 4.57 Å². The largest absolute Gasteiger partial charge is 0.320 e. The van der Waals surface area contributed by atoms with Crippen molar-refractivity contribution < 1.29 is 13.2 Å². The molecule has 0 saturated heterocycles. The molecule has 0 spiro atoms. The van der Waals surface area contributed by atoms with Crippen LogP contribution in [0.3, 0.4) is 0 Å². The number of imidazole rings is 1. The van der Waals surface area contributed by atoms with Gasteiger partial charge in [0.2, 0.25) is 0 Å². The van der Waals surface area contributed by atoms with E-state index < -0.39 is 13.2 Å². The van der Waals surface area contributed by atoms with Crippen molar-refractivity contribution in [1.29, 1.82) is 0 Å². The minimum atomic E-state index is -2.70. The van der Waals surface area contributed by atoms with Gasteiger partial charge in [0.05, 0.1) is 18.2 Å². The van der Waals surface area contributed by atoms with Crippen LogP contribution in [-0.4, -0.2) is 9.55 Å². The molecule has 0 N–H and O–H groups in total. The lowest BCUT2D eigenvalue weighted by Gasteiger charge is -2.01. The fourth-order valence-electron chi connectivity index (χ4n) is 0.611. The third-order valence-corrected chi connectivity index (χ3v) is 1.09. The van der Waals surface area contributed by atoms with E-state index in [1.54, 1.807) is 0 Å². The number of rotatable bonds is 2. The predicted molar refractivity (Wildman–Crippen MR) is 28.3 cm³/mol. The van der Waals surface area contributed by atoms with Gasteiger partial charge in [-0.15, -0.1) is 0 Å². The Morgan fingerprint density at radius 3 is 2.70 bits per heavy atom. The van der Waals surface area contributed by atoms with Gasteiger partial charge in [-0.2, -0.15) is 8.78 Å². The molecule has 5 heteroatoms. The van der Waals surface area contributed by atoms with Gasteiger partial charge in [0.15, 0.2) is 0 Å². The molecule has 0 unspecified atom stereocenters. The number of alkyl halides is 3. The van der Waals surface area contributed by atoms with Crippen molar-refractivity contribution in [2.45, 2.75) is 13.2 Å². The van der Waals surface area contributed by atoms with Crippen LogP contribution in [0.2, 0.25) is 0 Å². The first-order valence-electron chi connectivity index (χ1n) is 2.60. The van der Waals surface area contributed by atoms with E-state index in [-0.39, 0.29) is 5.69 Å². The summed E-state index contributed by atoms with van der Waals surface area (Å²) < 4.78 is 35.9. The molecule has 1 aromatic rings. The maximum Gasteiger partial charge on any atom is 0.320 e. The summed E-state index contributed by atoms with van der Waals surface area (Å²) in [5.74, 6) is 0. The molecule has 0 radical (unpaired) electrons. The van der Waals surface area contributed by atoms with E-state index in [2.05, 4.69) is 4.98 Å². The number of hydrogen-bond donors (Lipinski definition) is 0. The van der Waals surface area contributed by atoms with Gasteiger partial charge in [0.25, 0.3) is 0 Å². The van der Waals surface area contributed by atoms with Crippen molar-refractivity contribution in [2.24, 2.45) is 0 Å². The normalized spacial score (nSPS) is 10.8. The quantitative estimate of drug-likeness (QED) is 0.627. The monoisotopic (exact) mass is 150 g/mol. The highest BCUT2D eigenvalue weighted by molar-refractivity contribution is 4.96. The van der Waals surface area contributed by atoms with Crippen molar-refractivity contribution >= 4 is 0 Å². The number of halogens is 3. The van der Waals surface area contributed by atoms with Crippen LogP contribution in [0.4, 0.5) is 13.2 Å². The van der Waals surface area contributed by atoms with Crippen molar-refractivity contribution in [3.63, 3.8) is 0 Å². The van der Waals surface area contributed by atoms with E-state index in [0.29, 0.717) is 4.57 Å². The van der Waals surface area contributed by atoms with Gasteiger partial charge >= 0.3 is 6.55 Å². The lowest BCUT2D eigenvalue weighted by molar-refractivity contribution is 0.0655. The minimum Gasteiger partial charge on any atom is -0.275 e. The molecule has 0 atom stereocenters. The molecular formula is C5H5F3N2. The Morgan fingerprint density at radius 1 is 1.60 bits per heavy atom. The first kappa shape index (κ1) is 7.11. The fourth-order valence-corrected chi connectivity index (χ4v) is 0.611. The van der Waals surface area contributed by atoms with Gasteiger partial charge in [-0.25, -0.2) is 9.37 Å². The maximum atomic E-state index is 11.8. The summed E-state index contributed by atoms with van der Waals surface area (Å²) in [6, 6.07) is 0. The minimum absolute atomic E-state index is 0.102. The van der Waals surface area contributed by atoms with E-state index >= 15 is 0 Å². The molecule has 0 fully saturated rings. The highest BCUT2D eigenvalue weighted by Gasteiger charge is 2.09. The second-order valence-corrected chi connectivity index (χ2v) is 1.70. The molecule has 1 rings (SSSR count). The lowest BCUT2D eigenvalue weighted by atomic mass is 10.5. The van der Waals surface area contributed by atoms with Crippen LogP contribution in [0.5, 0.6) is 0 Å². The fraction of sp³-hybridized carbons (Fsp3) is 0.400. The van der Waals surface area contributed by atoms with Gasteiger partial charge < -0.3 is 0 Å². The molecule has 56 valence electrons. The molecule has 0 amide bonds. The number of hydrogen-bond acceptors (Lipinski definition) is 1. The van der Waals surface area contributed by atoms with Crippen LogP contribution in [0.25, 0.3) is 0 Å². The van der Waals surface area contributed by atoms with Crippen molar-refractivity contribution in [1.82, 2.24) is 9.55 Å². The van der Waals surface area contributed by atoms with E-state index in [4.69, 9.17) is 0 Å². The van der Waals surface area contributed by atoms with E-state index in [0.717, 1.165) is 12.5 Å². The first-order chi connectivity index (χ1) is 4.75. The summed E-state index contributed by atoms with van der Waals surface area (Å²) >= 11 is 0. The highest BCUT2D eigenvalue weighted by atomic mass is 19.3. The summed E-state index contributed by atoms with van der Waals surface area (Å²) in [6.45, 7) is -3.61. The third kappa shape index (κ3) is 1.12. The summed E-state index contributed by atoms with van der Waals surface area (Å²) in [4.78, 5) is 3.36. The summed E-state index contributed by atoms with van der Waals surface area (Å²) in [7, 11) is 0. The standard InChI is InChI=1S/C5H5F3N2/c6-1-4-2-9-3-10(4)5(7)8/h2-3,5H,1H2. The Labute approximate surface area is 55.3 Å². The van der Waals surface area contributed by atoms with Gasteiger partial charge in [-0.1, -0.05) is 0 Å². The first-order valence-corrected chi connectivity index (χ1v) is 2.60. The maximum absolute atomic E-state index is 11.8. The average Bonchev–Trinajstić information content (AvgIpc) is 2.33. The second-order valence-electron chi connectivity index (χ2n) is 1.70. The van der Waals surface area contributed by atoms with Crippen LogP contribution in [0.1, 0.15) is 12.2 Å². The SMILES string of the molecule is FCc1cncn1C(F)F.